The van der Waals surface area contributed by atoms with Crippen molar-refractivity contribution in [2.45, 2.75) is 37.3 Å². The van der Waals surface area contributed by atoms with Gasteiger partial charge in [0.2, 0.25) is 0 Å². The van der Waals surface area contributed by atoms with Crippen molar-refractivity contribution in [3.63, 3.8) is 0 Å². The van der Waals surface area contributed by atoms with Crippen LogP contribution in [0, 0.1) is 0 Å². The molecular formula is C15H21AsO4. The van der Waals surface area contributed by atoms with Crippen molar-refractivity contribution in [3.8, 4) is 0 Å². The number of carbonyl (C=O) groups excluding carboxylic acids is 2. The predicted octanol–water partition coefficient (Wildman–Crippen LogP) is 3.20. The van der Waals surface area contributed by atoms with Gasteiger partial charge in [0, 0.05) is 0 Å². The predicted molar refractivity (Wildman–Crippen MR) is 79.3 cm³/mol. The Balaban J connectivity index is 2.64. The van der Waals surface area contributed by atoms with Crippen LogP contribution < -0.4 is 0 Å². The molecule has 0 fully saturated rings. The monoisotopic (exact) mass is 340 g/mol. The van der Waals surface area contributed by atoms with Crippen molar-refractivity contribution in [2.24, 2.45) is 0 Å². The van der Waals surface area contributed by atoms with Crippen molar-refractivity contribution in [3.05, 3.63) is 35.4 Å². The zero-order valence-electron chi connectivity index (χ0n) is 12.6. The number of benzene rings is 1. The van der Waals surface area contributed by atoms with E-state index in [-0.39, 0.29) is 10.7 Å². The molecule has 110 valence electrons. The van der Waals surface area contributed by atoms with Crippen LogP contribution in [0.1, 0.15) is 36.7 Å². The fraction of sp³-hybridized carbons (Fsp3) is 0.467. The van der Waals surface area contributed by atoms with Crippen LogP contribution in [0.4, 0.5) is 4.79 Å². The molecule has 0 amide bonds. The molecule has 0 heterocycles. The first-order valence-electron chi connectivity index (χ1n) is 6.34. The molecule has 1 unspecified atom stereocenters. The van der Waals surface area contributed by atoms with E-state index in [0.717, 1.165) is 10.8 Å². The van der Waals surface area contributed by atoms with Gasteiger partial charge in [0.15, 0.2) is 0 Å². The van der Waals surface area contributed by atoms with Gasteiger partial charge in [-0.15, -0.1) is 0 Å². The van der Waals surface area contributed by atoms with Crippen LogP contribution >= 0.6 is 0 Å². The third-order valence-electron chi connectivity index (χ3n) is 2.50. The number of methoxy groups -OCH3 is 1. The summed E-state index contributed by atoms with van der Waals surface area (Å²) >= 11 is -1.72. The number of esters is 1. The Morgan fingerprint density at radius 2 is 1.70 bits per heavy atom. The first-order chi connectivity index (χ1) is 9.23. The van der Waals surface area contributed by atoms with E-state index >= 15 is 0 Å². The molecule has 0 saturated heterocycles. The Hall–Kier alpha value is -1.28. The molecule has 1 atom stereocenters. The van der Waals surface area contributed by atoms with Crippen LogP contribution in [-0.2, 0) is 14.7 Å². The maximum atomic E-state index is 12.0. The molecule has 4 nitrogen and oxygen atoms in total. The molecule has 1 aromatic carbocycles. The molecule has 0 N–H and O–H groups in total. The molecule has 0 aliphatic carbocycles. The number of carbonyl (C=O) groups is 2. The van der Waals surface area contributed by atoms with Gasteiger partial charge in [-0.1, -0.05) is 0 Å². The number of hydrogen-bond donors (Lipinski definition) is 0. The second-order valence-corrected chi connectivity index (χ2v) is 9.88. The van der Waals surface area contributed by atoms with Gasteiger partial charge >= 0.3 is 124 Å². The SMILES string of the molecule is COC(=O)c1ccc(C[As](C)C(=O)OC(C)(C)C)cc1. The second kappa shape index (κ2) is 6.94. The summed E-state index contributed by atoms with van der Waals surface area (Å²) in [4.78, 5) is 23.3. The van der Waals surface area contributed by atoms with Crippen LogP contribution in [0.15, 0.2) is 24.3 Å². The topological polar surface area (TPSA) is 52.6 Å². The van der Waals surface area contributed by atoms with Crippen molar-refractivity contribution >= 4 is 25.4 Å². The first kappa shape index (κ1) is 16.8. The van der Waals surface area contributed by atoms with Gasteiger partial charge in [-0.05, 0) is 0 Å². The summed E-state index contributed by atoms with van der Waals surface area (Å²) in [6.45, 7) is 5.62. The van der Waals surface area contributed by atoms with E-state index in [9.17, 15) is 9.59 Å². The summed E-state index contributed by atoms with van der Waals surface area (Å²) < 4.78 is 9.98. The molecule has 0 radical (unpaired) electrons. The Morgan fingerprint density at radius 1 is 1.15 bits per heavy atom. The third-order valence-corrected chi connectivity index (χ3v) is 5.76. The summed E-state index contributed by atoms with van der Waals surface area (Å²) in [5.74, 6) is -0.352. The molecule has 20 heavy (non-hydrogen) atoms. The van der Waals surface area contributed by atoms with Gasteiger partial charge in [0.25, 0.3) is 0 Å². The van der Waals surface area contributed by atoms with Crippen molar-refractivity contribution < 1.29 is 19.1 Å². The second-order valence-electron chi connectivity index (χ2n) is 5.52. The number of rotatable bonds is 4. The van der Waals surface area contributed by atoms with E-state index in [1.807, 2.05) is 38.6 Å². The van der Waals surface area contributed by atoms with Gasteiger partial charge in [-0.25, -0.2) is 0 Å². The molecule has 0 bridgehead atoms. The van der Waals surface area contributed by atoms with Crippen molar-refractivity contribution in [2.75, 3.05) is 7.11 Å². The molecule has 5 heteroatoms. The van der Waals surface area contributed by atoms with Crippen molar-refractivity contribution in [1.29, 1.82) is 0 Å². The zero-order valence-corrected chi connectivity index (χ0v) is 14.5. The molecule has 0 aliphatic heterocycles. The van der Waals surface area contributed by atoms with E-state index in [0.29, 0.717) is 5.56 Å². The van der Waals surface area contributed by atoms with Crippen LogP contribution in [0.2, 0.25) is 5.71 Å². The van der Waals surface area contributed by atoms with E-state index in [1.54, 1.807) is 12.1 Å². The van der Waals surface area contributed by atoms with Crippen LogP contribution in [0.3, 0.4) is 0 Å². The van der Waals surface area contributed by atoms with Crippen molar-refractivity contribution in [1.82, 2.24) is 0 Å². The summed E-state index contributed by atoms with van der Waals surface area (Å²) in [6, 6.07) is 7.17. The number of hydrogen-bond acceptors (Lipinski definition) is 4. The Kier molecular flexibility index (Phi) is 5.82. The van der Waals surface area contributed by atoms with E-state index < -0.39 is 20.3 Å². The van der Waals surface area contributed by atoms with E-state index in [4.69, 9.17) is 4.74 Å². The van der Waals surface area contributed by atoms with E-state index in [1.165, 1.54) is 7.11 Å². The standard InChI is InChI=1S/C15H21AsO4/c1-15(2,3)20-14(18)16(4)10-11-6-8-12(9-7-11)13(17)19-5/h6-9H,10H2,1-5H3. The maximum absolute atomic E-state index is 12.0. The Bertz CT molecular complexity index is 474. The van der Waals surface area contributed by atoms with Gasteiger partial charge in [-0.2, -0.15) is 0 Å². The van der Waals surface area contributed by atoms with Gasteiger partial charge in [-0.3, -0.25) is 0 Å². The first-order valence-corrected chi connectivity index (χ1v) is 10.5. The fourth-order valence-corrected chi connectivity index (χ4v) is 4.31. The summed E-state index contributed by atoms with van der Waals surface area (Å²) in [7, 11) is 1.36. The van der Waals surface area contributed by atoms with Gasteiger partial charge < -0.3 is 0 Å². The third kappa shape index (κ3) is 5.38. The average Bonchev–Trinajstić information content (AvgIpc) is 2.36. The van der Waals surface area contributed by atoms with Gasteiger partial charge in [0.1, 0.15) is 0 Å². The minimum atomic E-state index is -1.72. The summed E-state index contributed by atoms with van der Waals surface area (Å²) in [5, 5.41) is 0.726. The molecule has 0 aromatic heterocycles. The quantitative estimate of drug-likeness (QED) is 0.624. The molecule has 0 aliphatic rings. The summed E-state index contributed by atoms with van der Waals surface area (Å²) in [6.07, 6.45) is 0. The molecule has 1 aromatic rings. The molecule has 0 spiro atoms. The Labute approximate surface area is 124 Å². The number of ether oxygens (including phenoxy) is 2. The average molecular weight is 340 g/mol. The molecule has 0 saturated carbocycles. The summed E-state index contributed by atoms with van der Waals surface area (Å²) in [5.41, 5.74) is 3.11. The Morgan fingerprint density at radius 3 is 2.15 bits per heavy atom. The van der Waals surface area contributed by atoms with Crippen LogP contribution in [0.5, 0.6) is 0 Å². The van der Waals surface area contributed by atoms with Crippen LogP contribution in [-0.4, -0.2) is 38.1 Å². The van der Waals surface area contributed by atoms with Crippen LogP contribution in [0.25, 0.3) is 0 Å². The zero-order chi connectivity index (χ0) is 15.3. The normalized spacial score (nSPS) is 12.7. The van der Waals surface area contributed by atoms with Gasteiger partial charge in [0.05, 0.1) is 0 Å². The fourth-order valence-electron chi connectivity index (χ4n) is 1.54. The molecular weight excluding hydrogens is 319 g/mol. The molecule has 1 rings (SSSR count). The van der Waals surface area contributed by atoms with E-state index in [2.05, 4.69) is 4.74 Å². The minimum absolute atomic E-state index is 0.0676.